The second kappa shape index (κ2) is 6.89. The molecule has 1 aromatic carbocycles. The lowest BCUT2D eigenvalue weighted by atomic mass is 10.1. The number of carbonyl (C=O) groups is 1. The molecule has 4 aromatic rings. The predicted molar refractivity (Wildman–Crippen MR) is 104 cm³/mol. The number of fused-ring (bicyclic) bond motifs is 1. The molecule has 3 aromatic heterocycles. The topological polar surface area (TPSA) is 64.2 Å². The van der Waals surface area contributed by atoms with Gasteiger partial charge in [0.25, 0.3) is 5.91 Å². The van der Waals surface area contributed by atoms with Crippen LogP contribution in [0.3, 0.4) is 0 Å². The molecule has 0 unspecified atom stereocenters. The monoisotopic (exact) mass is 379 g/mol. The van der Waals surface area contributed by atoms with Gasteiger partial charge in [-0.3, -0.25) is 4.79 Å². The number of pyridine rings is 1. The third-order valence-electron chi connectivity index (χ3n) is 4.51. The summed E-state index contributed by atoms with van der Waals surface area (Å²) >= 11 is 5.98. The largest absolute Gasteiger partial charge is 0.344 e. The molecule has 0 aliphatic carbocycles. The number of nitrogens with zero attached hydrogens (tertiary/aromatic N) is 4. The van der Waals surface area contributed by atoms with E-state index in [1.807, 2.05) is 48.9 Å². The zero-order valence-electron chi connectivity index (χ0n) is 14.9. The van der Waals surface area contributed by atoms with Crippen molar-refractivity contribution in [3.05, 3.63) is 83.0 Å². The molecule has 6 nitrogen and oxygen atoms in total. The Kier molecular flexibility index (Phi) is 4.41. The Hall–Kier alpha value is -3.12. The normalized spacial score (nSPS) is 12.3. The van der Waals surface area contributed by atoms with Gasteiger partial charge in [0, 0.05) is 23.7 Å². The van der Waals surface area contributed by atoms with Crippen LogP contribution in [0.1, 0.15) is 34.7 Å². The van der Waals surface area contributed by atoms with Crippen LogP contribution in [0.5, 0.6) is 0 Å². The first-order valence-electron chi connectivity index (χ1n) is 8.58. The third kappa shape index (κ3) is 3.31. The highest BCUT2D eigenvalue weighted by atomic mass is 35.5. The minimum atomic E-state index is -0.241. The van der Waals surface area contributed by atoms with Crippen LogP contribution in [0.2, 0.25) is 5.02 Å². The molecular weight excluding hydrogens is 362 g/mol. The Morgan fingerprint density at radius 3 is 2.70 bits per heavy atom. The molecule has 0 bridgehead atoms. The molecule has 1 atom stereocenters. The summed E-state index contributed by atoms with van der Waals surface area (Å²) in [6, 6.07) is 13.2. The Morgan fingerprint density at radius 1 is 1.15 bits per heavy atom. The van der Waals surface area contributed by atoms with Crippen molar-refractivity contribution in [1.82, 2.24) is 24.5 Å². The summed E-state index contributed by atoms with van der Waals surface area (Å²) in [5.41, 5.74) is 3.94. The molecule has 0 aliphatic heterocycles. The standard InChI is InChI=1S/C20H18ClN5O/c1-13(17-10-22-26(14(17)2)16-6-4-3-5-7-16)23-20(27)18-12-25-11-15(21)8-9-19(25)24-18/h3-13H,1-2H3,(H,23,27)/t13-/m0/s1. The van der Waals surface area contributed by atoms with Crippen LogP contribution in [-0.4, -0.2) is 25.1 Å². The number of hydrogen-bond acceptors (Lipinski definition) is 3. The number of nitrogens with one attached hydrogen (secondary N) is 1. The molecule has 0 fully saturated rings. The molecule has 136 valence electrons. The van der Waals surface area contributed by atoms with E-state index in [1.54, 1.807) is 35.1 Å². The summed E-state index contributed by atoms with van der Waals surface area (Å²) in [6.07, 6.45) is 5.18. The van der Waals surface area contributed by atoms with Crippen LogP contribution in [-0.2, 0) is 0 Å². The van der Waals surface area contributed by atoms with Crippen LogP contribution in [0.15, 0.2) is 61.1 Å². The highest BCUT2D eigenvalue weighted by Gasteiger charge is 2.18. The van der Waals surface area contributed by atoms with E-state index in [-0.39, 0.29) is 11.9 Å². The fourth-order valence-electron chi connectivity index (χ4n) is 3.10. The van der Waals surface area contributed by atoms with E-state index < -0.39 is 0 Å². The van der Waals surface area contributed by atoms with E-state index in [4.69, 9.17) is 11.6 Å². The number of aromatic nitrogens is 4. The summed E-state index contributed by atoms with van der Waals surface area (Å²) in [6.45, 7) is 3.93. The second-order valence-corrected chi connectivity index (χ2v) is 6.80. The van der Waals surface area contributed by atoms with E-state index in [1.165, 1.54) is 0 Å². The molecule has 0 saturated carbocycles. The first-order chi connectivity index (χ1) is 13.0. The quantitative estimate of drug-likeness (QED) is 0.583. The zero-order chi connectivity index (χ0) is 19.0. The molecule has 7 heteroatoms. The Labute approximate surface area is 161 Å². The van der Waals surface area contributed by atoms with Gasteiger partial charge in [0.05, 0.1) is 22.9 Å². The second-order valence-electron chi connectivity index (χ2n) is 6.37. The number of hydrogen-bond donors (Lipinski definition) is 1. The summed E-state index contributed by atoms with van der Waals surface area (Å²) in [4.78, 5) is 17.0. The number of para-hydroxylation sites is 1. The van der Waals surface area contributed by atoms with E-state index in [2.05, 4.69) is 15.4 Å². The molecule has 0 radical (unpaired) electrons. The number of benzene rings is 1. The first kappa shape index (κ1) is 17.3. The van der Waals surface area contributed by atoms with Gasteiger partial charge >= 0.3 is 0 Å². The van der Waals surface area contributed by atoms with Gasteiger partial charge in [-0.25, -0.2) is 9.67 Å². The smallest absolute Gasteiger partial charge is 0.271 e. The molecule has 3 heterocycles. The summed E-state index contributed by atoms with van der Waals surface area (Å²) in [5, 5.41) is 8.04. The molecule has 0 spiro atoms. The van der Waals surface area contributed by atoms with Gasteiger partial charge in [-0.1, -0.05) is 29.8 Å². The molecule has 1 N–H and O–H groups in total. The SMILES string of the molecule is Cc1c([C@H](C)NC(=O)c2cn3cc(Cl)ccc3n2)cnn1-c1ccccc1. The van der Waals surface area contributed by atoms with Gasteiger partial charge in [0.1, 0.15) is 11.3 Å². The Balaban J connectivity index is 1.55. The fraction of sp³-hybridized carbons (Fsp3) is 0.150. The van der Waals surface area contributed by atoms with E-state index in [0.29, 0.717) is 16.4 Å². The first-order valence-corrected chi connectivity index (χ1v) is 8.96. The highest BCUT2D eigenvalue weighted by molar-refractivity contribution is 6.30. The van der Waals surface area contributed by atoms with Crippen LogP contribution in [0, 0.1) is 6.92 Å². The lowest BCUT2D eigenvalue weighted by Gasteiger charge is -2.13. The van der Waals surface area contributed by atoms with Crippen molar-refractivity contribution in [1.29, 1.82) is 0 Å². The van der Waals surface area contributed by atoms with Crippen molar-refractivity contribution in [2.45, 2.75) is 19.9 Å². The number of carbonyl (C=O) groups excluding carboxylic acids is 1. The van der Waals surface area contributed by atoms with Crippen LogP contribution < -0.4 is 5.32 Å². The summed E-state index contributed by atoms with van der Waals surface area (Å²) in [5.74, 6) is -0.241. The van der Waals surface area contributed by atoms with Gasteiger partial charge in [-0.15, -0.1) is 0 Å². The van der Waals surface area contributed by atoms with Crippen LogP contribution in [0.25, 0.3) is 11.3 Å². The maximum absolute atomic E-state index is 12.6. The highest BCUT2D eigenvalue weighted by Crippen LogP contribution is 2.20. The molecule has 0 saturated heterocycles. The van der Waals surface area contributed by atoms with E-state index >= 15 is 0 Å². The van der Waals surface area contributed by atoms with Gasteiger partial charge in [-0.05, 0) is 38.1 Å². The predicted octanol–water partition coefficient (Wildman–Crippen LogP) is 3.97. The average Bonchev–Trinajstić information content (AvgIpc) is 3.25. The van der Waals surface area contributed by atoms with E-state index in [9.17, 15) is 4.79 Å². The number of halogens is 1. The Morgan fingerprint density at radius 2 is 1.93 bits per heavy atom. The maximum atomic E-state index is 12.6. The van der Waals surface area contributed by atoms with E-state index in [0.717, 1.165) is 16.9 Å². The third-order valence-corrected chi connectivity index (χ3v) is 4.73. The van der Waals surface area contributed by atoms with Crippen LogP contribution in [0.4, 0.5) is 0 Å². The van der Waals surface area contributed by atoms with Crippen molar-refractivity contribution < 1.29 is 4.79 Å². The summed E-state index contributed by atoms with van der Waals surface area (Å²) < 4.78 is 3.60. The van der Waals surface area contributed by atoms with Crippen molar-refractivity contribution in [3.8, 4) is 5.69 Å². The maximum Gasteiger partial charge on any atom is 0.271 e. The molecule has 1 amide bonds. The van der Waals surface area contributed by atoms with Crippen LogP contribution >= 0.6 is 11.6 Å². The summed E-state index contributed by atoms with van der Waals surface area (Å²) in [7, 11) is 0. The van der Waals surface area contributed by atoms with Gasteiger partial charge < -0.3 is 9.72 Å². The molecular formula is C20H18ClN5O. The number of amides is 1. The lowest BCUT2D eigenvalue weighted by Crippen LogP contribution is -2.27. The molecule has 27 heavy (non-hydrogen) atoms. The van der Waals surface area contributed by atoms with Crippen molar-refractivity contribution in [2.75, 3.05) is 0 Å². The van der Waals surface area contributed by atoms with Gasteiger partial charge in [-0.2, -0.15) is 5.10 Å². The molecule has 0 aliphatic rings. The number of imidazole rings is 1. The van der Waals surface area contributed by atoms with Gasteiger partial charge in [0.2, 0.25) is 0 Å². The average molecular weight is 380 g/mol. The lowest BCUT2D eigenvalue weighted by molar-refractivity contribution is 0.0935. The Bertz CT molecular complexity index is 1120. The zero-order valence-corrected chi connectivity index (χ0v) is 15.7. The fourth-order valence-corrected chi connectivity index (χ4v) is 3.27. The molecule has 4 rings (SSSR count). The minimum Gasteiger partial charge on any atom is -0.344 e. The van der Waals surface area contributed by atoms with Crippen molar-refractivity contribution in [3.63, 3.8) is 0 Å². The van der Waals surface area contributed by atoms with Crippen molar-refractivity contribution in [2.24, 2.45) is 0 Å². The van der Waals surface area contributed by atoms with Crippen molar-refractivity contribution >= 4 is 23.2 Å². The van der Waals surface area contributed by atoms with Gasteiger partial charge in [0.15, 0.2) is 0 Å². The minimum absolute atomic E-state index is 0.205. The number of rotatable bonds is 4.